The highest BCUT2D eigenvalue weighted by molar-refractivity contribution is 6.29. The maximum Gasteiger partial charge on any atom is 0.415 e. The number of ether oxygens (including phenoxy) is 1. The summed E-state index contributed by atoms with van der Waals surface area (Å²) in [4.78, 5) is 34.3. The molecule has 1 aliphatic rings. The van der Waals surface area contributed by atoms with E-state index in [-0.39, 0.29) is 29.5 Å². The largest absolute Gasteiger partial charge is 0.476 e. The zero-order chi connectivity index (χ0) is 23.7. The molecule has 0 unspecified atom stereocenters. The number of carboxylic acids is 1. The van der Waals surface area contributed by atoms with Crippen molar-refractivity contribution in [1.29, 1.82) is 0 Å². The number of anilines is 2. The van der Waals surface area contributed by atoms with Crippen molar-refractivity contribution in [3.05, 3.63) is 64.3 Å². The molecule has 33 heavy (non-hydrogen) atoms. The fraction of sp³-hybridized carbons (Fsp3) is 0.318. The van der Waals surface area contributed by atoms with E-state index in [0.717, 1.165) is 11.1 Å². The fourth-order valence-corrected chi connectivity index (χ4v) is 3.93. The number of aryl methyl sites for hydroxylation is 2. The summed E-state index contributed by atoms with van der Waals surface area (Å²) in [6.45, 7) is 4.01. The number of hydrogen-bond donors (Lipinski definition) is 2. The molecule has 4 rings (SSSR count). The van der Waals surface area contributed by atoms with Crippen LogP contribution < -0.4 is 10.2 Å². The van der Waals surface area contributed by atoms with Crippen LogP contribution in [0.1, 0.15) is 40.3 Å². The number of nitrogens with one attached hydrogen (secondary N) is 1. The summed E-state index contributed by atoms with van der Waals surface area (Å²) < 4.78 is 7.03. The van der Waals surface area contributed by atoms with E-state index in [2.05, 4.69) is 15.4 Å². The van der Waals surface area contributed by atoms with Gasteiger partial charge in [-0.2, -0.15) is 5.10 Å². The second kappa shape index (κ2) is 9.07. The molecule has 3 aromatic heterocycles. The monoisotopic (exact) mass is 470 g/mol. The second-order valence-electron chi connectivity index (χ2n) is 7.96. The van der Waals surface area contributed by atoms with Gasteiger partial charge in [-0.1, -0.05) is 11.6 Å². The first-order valence-electron chi connectivity index (χ1n) is 10.3. The third kappa shape index (κ3) is 4.90. The Kier molecular flexibility index (Phi) is 6.19. The van der Waals surface area contributed by atoms with Crippen LogP contribution in [0, 0.1) is 6.92 Å². The van der Waals surface area contributed by atoms with E-state index in [1.165, 1.54) is 6.07 Å². The smallest absolute Gasteiger partial charge is 0.415 e. The zero-order valence-corrected chi connectivity index (χ0v) is 19.1. The number of aromatic carboxylic acids is 1. The molecule has 1 aliphatic heterocycles. The number of carbonyl (C=O) groups is 2. The summed E-state index contributed by atoms with van der Waals surface area (Å²) in [5.74, 6) is -0.717. The molecule has 0 bridgehead atoms. The summed E-state index contributed by atoms with van der Waals surface area (Å²) in [5.41, 5.74) is 2.67. The Balaban J connectivity index is 1.61. The van der Waals surface area contributed by atoms with E-state index in [0.29, 0.717) is 23.6 Å². The van der Waals surface area contributed by atoms with Gasteiger partial charge in [-0.15, -0.1) is 0 Å². The van der Waals surface area contributed by atoms with Gasteiger partial charge in [0.2, 0.25) is 0 Å². The van der Waals surface area contributed by atoms with Crippen LogP contribution in [0.5, 0.6) is 0 Å². The predicted molar refractivity (Wildman–Crippen MR) is 122 cm³/mol. The van der Waals surface area contributed by atoms with Crippen LogP contribution in [0.2, 0.25) is 5.15 Å². The Morgan fingerprint density at radius 2 is 2.15 bits per heavy atom. The average molecular weight is 471 g/mol. The lowest BCUT2D eigenvalue weighted by Crippen LogP contribution is -2.36. The molecule has 0 aliphatic carbocycles. The first-order valence-corrected chi connectivity index (χ1v) is 10.7. The number of aromatic nitrogens is 4. The number of cyclic esters (lactones) is 1. The molecule has 3 aromatic rings. The minimum atomic E-state index is -1.19. The average Bonchev–Trinajstić information content (AvgIpc) is 3.33. The lowest BCUT2D eigenvalue weighted by Gasteiger charge is -2.23. The highest BCUT2D eigenvalue weighted by atomic mass is 35.5. The maximum atomic E-state index is 12.6. The number of carboxylic acid groups (broad SMARTS) is 1. The van der Waals surface area contributed by atoms with Gasteiger partial charge in [0.25, 0.3) is 0 Å². The van der Waals surface area contributed by atoms with Gasteiger partial charge in [-0.05, 0) is 55.7 Å². The van der Waals surface area contributed by atoms with Gasteiger partial charge in [0, 0.05) is 13.2 Å². The van der Waals surface area contributed by atoms with Crippen LogP contribution >= 0.6 is 11.6 Å². The Labute approximate surface area is 195 Å². The van der Waals surface area contributed by atoms with E-state index in [1.54, 1.807) is 21.8 Å². The normalized spacial score (nSPS) is 16.5. The van der Waals surface area contributed by atoms with Crippen LogP contribution in [0.4, 0.5) is 16.3 Å². The molecule has 0 saturated carbocycles. The Hall–Kier alpha value is -3.66. The van der Waals surface area contributed by atoms with Crippen LogP contribution in [-0.2, 0) is 18.2 Å². The third-order valence-corrected chi connectivity index (χ3v) is 5.50. The highest BCUT2D eigenvalue weighted by Crippen LogP contribution is 2.28. The molecular formula is C22H23ClN6O4. The number of nitrogens with zero attached hydrogens (tertiary/aromatic N) is 5. The maximum absolute atomic E-state index is 12.6. The molecular weight excluding hydrogens is 448 g/mol. The van der Waals surface area contributed by atoms with E-state index < -0.39 is 12.1 Å². The number of amides is 1. The standard InChI is InChI=1S/C22H23ClN6O4/c1-12-6-17(13(2)25-16-4-5-18(23)27-20(16)21(30)31)26-19(7-12)29-15(11-33-22(29)32)8-14-9-24-28(3)10-14/h4-7,9-10,13,15,25H,8,11H2,1-3H3,(H,30,31)/t13-,15+/m1/s1. The van der Waals surface area contributed by atoms with Crippen LogP contribution in [-0.4, -0.2) is 49.6 Å². The first-order chi connectivity index (χ1) is 15.7. The van der Waals surface area contributed by atoms with Crippen LogP contribution in [0.3, 0.4) is 0 Å². The number of carbonyl (C=O) groups excluding carboxylic acids is 1. The number of pyridine rings is 2. The summed E-state index contributed by atoms with van der Waals surface area (Å²) in [5, 5.41) is 16.9. The summed E-state index contributed by atoms with van der Waals surface area (Å²) in [6, 6.07) is 6.19. The van der Waals surface area contributed by atoms with Crippen molar-refractivity contribution >= 4 is 35.2 Å². The van der Waals surface area contributed by atoms with Gasteiger partial charge >= 0.3 is 12.1 Å². The van der Waals surface area contributed by atoms with Crippen molar-refractivity contribution < 1.29 is 19.4 Å². The molecule has 1 amide bonds. The molecule has 10 nitrogen and oxygen atoms in total. The molecule has 172 valence electrons. The molecule has 11 heteroatoms. The molecule has 1 saturated heterocycles. The first kappa shape index (κ1) is 22.5. The van der Waals surface area contributed by atoms with E-state index in [4.69, 9.17) is 21.3 Å². The van der Waals surface area contributed by atoms with E-state index in [9.17, 15) is 14.7 Å². The second-order valence-corrected chi connectivity index (χ2v) is 8.34. The third-order valence-electron chi connectivity index (χ3n) is 5.29. The fourth-order valence-electron chi connectivity index (χ4n) is 3.78. The quantitative estimate of drug-likeness (QED) is 0.502. The SMILES string of the molecule is Cc1cc([C@@H](C)Nc2ccc(Cl)nc2C(=O)O)nc(N2C(=O)OC[C@@H]2Cc2cnn(C)c2)c1. The van der Waals surface area contributed by atoms with E-state index in [1.807, 2.05) is 39.2 Å². The van der Waals surface area contributed by atoms with Gasteiger partial charge < -0.3 is 15.2 Å². The number of halogens is 1. The van der Waals surface area contributed by atoms with Gasteiger partial charge in [0.1, 0.15) is 17.6 Å². The summed E-state index contributed by atoms with van der Waals surface area (Å²) in [7, 11) is 1.84. The van der Waals surface area contributed by atoms with Gasteiger partial charge in [0.15, 0.2) is 5.69 Å². The molecule has 0 radical (unpaired) electrons. The Morgan fingerprint density at radius 1 is 1.36 bits per heavy atom. The zero-order valence-electron chi connectivity index (χ0n) is 18.3. The van der Waals surface area contributed by atoms with Gasteiger partial charge in [0.05, 0.1) is 29.7 Å². The lowest BCUT2D eigenvalue weighted by molar-refractivity contribution is 0.0691. The van der Waals surface area contributed by atoms with E-state index >= 15 is 0 Å². The molecule has 4 heterocycles. The molecule has 0 spiro atoms. The number of rotatable bonds is 7. The van der Waals surface area contributed by atoms with Crippen molar-refractivity contribution in [1.82, 2.24) is 19.7 Å². The van der Waals surface area contributed by atoms with Crippen LogP contribution in [0.25, 0.3) is 0 Å². The molecule has 0 aromatic carbocycles. The molecule has 2 atom stereocenters. The lowest BCUT2D eigenvalue weighted by atomic mass is 10.1. The highest BCUT2D eigenvalue weighted by Gasteiger charge is 2.36. The molecule has 1 fully saturated rings. The van der Waals surface area contributed by atoms with Crippen molar-refractivity contribution in [2.24, 2.45) is 7.05 Å². The van der Waals surface area contributed by atoms with Gasteiger partial charge in [-0.3, -0.25) is 9.58 Å². The van der Waals surface area contributed by atoms with Crippen LogP contribution in [0.15, 0.2) is 36.7 Å². The molecule has 2 N–H and O–H groups in total. The topological polar surface area (TPSA) is 122 Å². The van der Waals surface area contributed by atoms with Crippen molar-refractivity contribution in [3.63, 3.8) is 0 Å². The summed E-state index contributed by atoms with van der Waals surface area (Å²) in [6.07, 6.45) is 3.80. The predicted octanol–water partition coefficient (Wildman–Crippen LogP) is 3.61. The van der Waals surface area contributed by atoms with Crippen molar-refractivity contribution in [2.45, 2.75) is 32.4 Å². The van der Waals surface area contributed by atoms with Crippen molar-refractivity contribution in [3.8, 4) is 0 Å². The van der Waals surface area contributed by atoms with Gasteiger partial charge in [-0.25, -0.2) is 19.6 Å². The summed E-state index contributed by atoms with van der Waals surface area (Å²) >= 11 is 5.85. The Bertz CT molecular complexity index is 1210. The van der Waals surface area contributed by atoms with Crippen molar-refractivity contribution in [2.75, 3.05) is 16.8 Å². The minimum absolute atomic E-state index is 0.0915. The Morgan fingerprint density at radius 3 is 2.85 bits per heavy atom. The minimum Gasteiger partial charge on any atom is -0.476 e. The number of hydrogen-bond acceptors (Lipinski definition) is 7.